The molecule has 88 valence electrons. The summed E-state index contributed by atoms with van der Waals surface area (Å²) in [4.78, 5) is 11.4. The maximum absolute atomic E-state index is 13.2. The van der Waals surface area contributed by atoms with Crippen LogP contribution in [0.2, 0.25) is 0 Å². The SMILES string of the molecule is CCC(CC)(C(=O)O)c1cc(F)ccc1N. The molecule has 1 rings (SSSR count). The lowest BCUT2D eigenvalue weighted by Crippen LogP contribution is -2.35. The molecule has 0 aliphatic carbocycles. The average molecular weight is 225 g/mol. The van der Waals surface area contributed by atoms with Gasteiger partial charge in [0.15, 0.2) is 0 Å². The highest BCUT2D eigenvalue weighted by Crippen LogP contribution is 2.35. The van der Waals surface area contributed by atoms with Crippen LogP contribution in [-0.4, -0.2) is 11.1 Å². The quantitative estimate of drug-likeness (QED) is 0.774. The molecule has 0 amide bonds. The van der Waals surface area contributed by atoms with Crippen molar-refractivity contribution in [2.24, 2.45) is 0 Å². The monoisotopic (exact) mass is 225 g/mol. The van der Waals surface area contributed by atoms with Gasteiger partial charge in [-0.05, 0) is 36.6 Å². The number of hydrogen-bond acceptors (Lipinski definition) is 2. The van der Waals surface area contributed by atoms with E-state index in [0.29, 0.717) is 24.1 Å². The average Bonchev–Trinajstić information content (AvgIpc) is 2.25. The van der Waals surface area contributed by atoms with Gasteiger partial charge in [0, 0.05) is 5.69 Å². The van der Waals surface area contributed by atoms with Gasteiger partial charge in [-0.1, -0.05) is 13.8 Å². The number of nitrogens with two attached hydrogens (primary N) is 1. The van der Waals surface area contributed by atoms with Gasteiger partial charge in [-0.15, -0.1) is 0 Å². The molecule has 0 aliphatic heterocycles. The van der Waals surface area contributed by atoms with Crippen LogP contribution >= 0.6 is 0 Å². The molecule has 0 bridgehead atoms. The van der Waals surface area contributed by atoms with Crippen molar-refractivity contribution >= 4 is 11.7 Å². The van der Waals surface area contributed by atoms with Crippen molar-refractivity contribution in [1.29, 1.82) is 0 Å². The molecule has 0 fully saturated rings. The molecule has 0 spiro atoms. The number of hydrogen-bond donors (Lipinski definition) is 2. The lowest BCUT2D eigenvalue weighted by Gasteiger charge is -2.28. The van der Waals surface area contributed by atoms with Crippen molar-refractivity contribution in [3.63, 3.8) is 0 Å². The van der Waals surface area contributed by atoms with E-state index >= 15 is 0 Å². The fraction of sp³-hybridized carbons (Fsp3) is 0.417. The van der Waals surface area contributed by atoms with Gasteiger partial charge in [-0.3, -0.25) is 4.79 Å². The Morgan fingerprint density at radius 2 is 2.00 bits per heavy atom. The summed E-state index contributed by atoms with van der Waals surface area (Å²) in [7, 11) is 0. The summed E-state index contributed by atoms with van der Waals surface area (Å²) in [5.41, 5.74) is 5.34. The Labute approximate surface area is 94.1 Å². The van der Waals surface area contributed by atoms with Crippen LogP contribution in [0, 0.1) is 5.82 Å². The second kappa shape index (κ2) is 4.51. The van der Waals surface area contributed by atoms with E-state index in [9.17, 15) is 14.3 Å². The first-order valence-electron chi connectivity index (χ1n) is 5.26. The Morgan fingerprint density at radius 1 is 1.44 bits per heavy atom. The number of carboxylic acid groups (broad SMARTS) is 1. The number of aliphatic carboxylic acids is 1. The van der Waals surface area contributed by atoms with Crippen molar-refractivity contribution in [2.75, 3.05) is 5.73 Å². The van der Waals surface area contributed by atoms with Crippen molar-refractivity contribution in [2.45, 2.75) is 32.1 Å². The third kappa shape index (κ3) is 1.87. The summed E-state index contributed by atoms with van der Waals surface area (Å²) in [6, 6.07) is 3.86. The standard InChI is InChI=1S/C12H16FNO2/c1-3-12(4-2,11(15)16)9-7-8(13)5-6-10(9)14/h5-7H,3-4,14H2,1-2H3,(H,15,16). The molecule has 16 heavy (non-hydrogen) atoms. The van der Waals surface area contributed by atoms with Crippen LogP contribution in [0.3, 0.4) is 0 Å². The molecule has 0 heterocycles. The van der Waals surface area contributed by atoms with Crippen LogP contribution in [0.15, 0.2) is 18.2 Å². The van der Waals surface area contributed by atoms with E-state index in [-0.39, 0.29) is 0 Å². The van der Waals surface area contributed by atoms with Gasteiger partial charge in [-0.2, -0.15) is 0 Å². The lowest BCUT2D eigenvalue weighted by atomic mass is 9.75. The van der Waals surface area contributed by atoms with E-state index in [1.54, 1.807) is 13.8 Å². The first-order chi connectivity index (χ1) is 7.47. The van der Waals surface area contributed by atoms with Gasteiger partial charge in [0.1, 0.15) is 5.82 Å². The number of carboxylic acids is 1. The molecule has 0 saturated carbocycles. The number of carbonyl (C=O) groups is 1. The molecule has 0 radical (unpaired) electrons. The topological polar surface area (TPSA) is 63.3 Å². The molecule has 0 aromatic heterocycles. The molecule has 3 N–H and O–H groups in total. The molecule has 1 aromatic rings. The fourth-order valence-electron chi connectivity index (χ4n) is 1.99. The van der Waals surface area contributed by atoms with E-state index in [1.165, 1.54) is 18.2 Å². The Kier molecular flexibility index (Phi) is 3.52. The molecular weight excluding hydrogens is 209 g/mol. The normalized spacial score (nSPS) is 11.4. The Hall–Kier alpha value is -1.58. The Morgan fingerprint density at radius 3 is 2.44 bits per heavy atom. The van der Waals surface area contributed by atoms with Crippen molar-refractivity contribution in [3.05, 3.63) is 29.6 Å². The van der Waals surface area contributed by atoms with E-state index in [4.69, 9.17) is 5.73 Å². The number of rotatable bonds is 4. The van der Waals surface area contributed by atoms with Crippen molar-refractivity contribution in [3.8, 4) is 0 Å². The van der Waals surface area contributed by atoms with Gasteiger partial charge in [-0.25, -0.2) is 4.39 Å². The molecule has 0 unspecified atom stereocenters. The predicted molar refractivity (Wildman–Crippen MR) is 60.7 cm³/mol. The van der Waals surface area contributed by atoms with Gasteiger partial charge in [0.05, 0.1) is 5.41 Å². The van der Waals surface area contributed by atoms with Gasteiger partial charge < -0.3 is 10.8 Å². The Bertz CT molecular complexity index is 400. The maximum atomic E-state index is 13.2. The minimum absolute atomic E-state index is 0.326. The number of benzene rings is 1. The zero-order chi connectivity index (χ0) is 12.3. The minimum atomic E-state index is -1.09. The molecule has 0 aliphatic rings. The molecule has 0 atom stereocenters. The van der Waals surface area contributed by atoms with Gasteiger partial charge in [0.25, 0.3) is 0 Å². The van der Waals surface area contributed by atoms with E-state index in [1.807, 2.05) is 0 Å². The first kappa shape index (κ1) is 12.5. The Balaban J connectivity index is 3.42. The van der Waals surface area contributed by atoms with Crippen LogP contribution in [0.25, 0.3) is 0 Å². The van der Waals surface area contributed by atoms with E-state index < -0.39 is 17.2 Å². The zero-order valence-electron chi connectivity index (χ0n) is 9.46. The van der Waals surface area contributed by atoms with Crippen LogP contribution in [-0.2, 0) is 10.2 Å². The summed E-state index contributed by atoms with van der Waals surface area (Å²) in [5.74, 6) is -1.42. The van der Waals surface area contributed by atoms with Gasteiger partial charge in [0.2, 0.25) is 0 Å². The first-order valence-corrected chi connectivity index (χ1v) is 5.26. The molecule has 4 heteroatoms. The van der Waals surface area contributed by atoms with Crippen LogP contribution in [0.1, 0.15) is 32.3 Å². The van der Waals surface area contributed by atoms with E-state index in [0.717, 1.165) is 0 Å². The summed E-state index contributed by atoms with van der Waals surface area (Å²) >= 11 is 0. The number of nitrogen functional groups attached to an aromatic ring is 1. The van der Waals surface area contributed by atoms with Crippen molar-refractivity contribution < 1.29 is 14.3 Å². The highest BCUT2D eigenvalue weighted by atomic mass is 19.1. The highest BCUT2D eigenvalue weighted by Gasteiger charge is 2.38. The summed E-state index contributed by atoms with van der Waals surface area (Å²) in [5, 5.41) is 9.31. The summed E-state index contributed by atoms with van der Waals surface area (Å²) in [6.07, 6.45) is 0.763. The third-order valence-electron chi connectivity index (χ3n) is 3.15. The second-order valence-corrected chi connectivity index (χ2v) is 3.83. The smallest absolute Gasteiger partial charge is 0.314 e. The largest absolute Gasteiger partial charge is 0.481 e. The minimum Gasteiger partial charge on any atom is -0.481 e. The third-order valence-corrected chi connectivity index (χ3v) is 3.15. The molecule has 0 saturated heterocycles. The highest BCUT2D eigenvalue weighted by molar-refractivity contribution is 5.83. The summed E-state index contributed by atoms with van der Waals surface area (Å²) in [6.45, 7) is 3.53. The number of halogens is 1. The summed E-state index contributed by atoms with van der Waals surface area (Å²) < 4.78 is 13.2. The zero-order valence-corrected chi connectivity index (χ0v) is 9.46. The van der Waals surface area contributed by atoms with Crippen molar-refractivity contribution in [1.82, 2.24) is 0 Å². The van der Waals surface area contributed by atoms with Crippen LogP contribution < -0.4 is 5.73 Å². The van der Waals surface area contributed by atoms with Crippen LogP contribution in [0.5, 0.6) is 0 Å². The molecule has 3 nitrogen and oxygen atoms in total. The van der Waals surface area contributed by atoms with Crippen LogP contribution in [0.4, 0.5) is 10.1 Å². The van der Waals surface area contributed by atoms with E-state index in [2.05, 4.69) is 0 Å². The lowest BCUT2D eigenvalue weighted by molar-refractivity contribution is -0.144. The molecule has 1 aromatic carbocycles. The van der Waals surface area contributed by atoms with Gasteiger partial charge >= 0.3 is 5.97 Å². The predicted octanol–water partition coefficient (Wildman–Crippen LogP) is 2.55. The maximum Gasteiger partial charge on any atom is 0.314 e. The fourth-order valence-corrected chi connectivity index (χ4v) is 1.99. The number of anilines is 1. The second-order valence-electron chi connectivity index (χ2n) is 3.83. The molecular formula is C12H16FNO2.